The monoisotopic (exact) mass is 367 g/mol. The number of carbonyl (C=O) groups excluding carboxylic acids is 1. The Labute approximate surface area is 159 Å². The van der Waals surface area contributed by atoms with E-state index in [1.165, 1.54) is 0 Å². The molecule has 26 heavy (non-hydrogen) atoms. The second kappa shape index (κ2) is 7.20. The summed E-state index contributed by atoms with van der Waals surface area (Å²) in [5.41, 5.74) is 2.67. The molecule has 0 spiro atoms. The summed E-state index contributed by atoms with van der Waals surface area (Å²) in [5.74, 6) is 0.322. The first-order valence-corrected chi connectivity index (χ1v) is 9.85. The third-order valence-corrected chi connectivity index (χ3v) is 5.51. The molecule has 3 rings (SSSR count). The molecule has 1 amide bonds. The Morgan fingerprint density at radius 1 is 1.38 bits per heavy atom. The van der Waals surface area contributed by atoms with Crippen molar-refractivity contribution in [1.82, 2.24) is 4.98 Å². The van der Waals surface area contributed by atoms with Gasteiger partial charge in [-0.3, -0.25) is 9.69 Å². The van der Waals surface area contributed by atoms with E-state index in [4.69, 9.17) is 10.2 Å². The number of carbonyl (C=O) groups is 1. The van der Waals surface area contributed by atoms with Gasteiger partial charge < -0.3 is 0 Å². The standard InChI is InChI=1S/C21H25N3OS/c1-14-20(26-18(23-14)11-21(2,3)4)24(19(25)17-8-9-17)13-16-7-5-6-15(10-16)12-22/h5-7,10,17H,8-9,11,13H2,1-4H3. The molecule has 5 heteroatoms. The number of hydrogen-bond donors (Lipinski definition) is 0. The summed E-state index contributed by atoms with van der Waals surface area (Å²) >= 11 is 1.63. The molecule has 1 fully saturated rings. The lowest BCUT2D eigenvalue weighted by Gasteiger charge is -2.22. The van der Waals surface area contributed by atoms with Crippen molar-refractivity contribution in [3.05, 3.63) is 46.1 Å². The normalized spacial score (nSPS) is 14.1. The Morgan fingerprint density at radius 2 is 2.12 bits per heavy atom. The van der Waals surface area contributed by atoms with Crippen LogP contribution < -0.4 is 4.90 Å². The molecule has 0 atom stereocenters. The highest BCUT2D eigenvalue weighted by molar-refractivity contribution is 7.16. The number of thiazole rings is 1. The van der Waals surface area contributed by atoms with E-state index in [1.807, 2.05) is 30.0 Å². The first kappa shape index (κ1) is 18.6. The van der Waals surface area contributed by atoms with Crippen molar-refractivity contribution in [2.24, 2.45) is 11.3 Å². The molecule has 0 unspecified atom stereocenters. The van der Waals surface area contributed by atoms with E-state index in [1.54, 1.807) is 17.4 Å². The highest BCUT2D eigenvalue weighted by Gasteiger charge is 2.35. The van der Waals surface area contributed by atoms with Crippen LogP contribution >= 0.6 is 11.3 Å². The molecule has 136 valence electrons. The Kier molecular flexibility index (Phi) is 5.15. The number of anilines is 1. The average molecular weight is 368 g/mol. The molecule has 1 aromatic carbocycles. The number of rotatable bonds is 5. The maximum absolute atomic E-state index is 13.0. The molecule has 2 aromatic rings. The minimum Gasteiger partial charge on any atom is -0.298 e. The SMILES string of the molecule is Cc1nc(CC(C)(C)C)sc1N(Cc1cccc(C#N)c1)C(=O)C1CC1. The number of hydrogen-bond acceptors (Lipinski definition) is 4. The van der Waals surface area contributed by atoms with E-state index >= 15 is 0 Å². The van der Waals surface area contributed by atoms with E-state index < -0.39 is 0 Å². The maximum Gasteiger partial charge on any atom is 0.231 e. The zero-order valence-electron chi connectivity index (χ0n) is 15.9. The third kappa shape index (κ3) is 4.50. The number of nitrogens with zero attached hydrogens (tertiary/aromatic N) is 3. The Bertz CT molecular complexity index is 853. The van der Waals surface area contributed by atoms with Gasteiger partial charge in [-0.05, 0) is 42.9 Å². The van der Waals surface area contributed by atoms with Gasteiger partial charge in [0.05, 0.1) is 28.9 Å². The van der Waals surface area contributed by atoms with Gasteiger partial charge in [0, 0.05) is 12.3 Å². The van der Waals surface area contributed by atoms with Gasteiger partial charge in [0.15, 0.2) is 0 Å². The van der Waals surface area contributed by atoms with Gasteiger partial charge in [0.25, 0.3) is 0 Å². The molecule has 0 aliphatic heterocycles. The van der Waals surface area contributed by atoms with Gasteiger partial charge in [-0.1, -0.05) is 32.9 Å². The largest absolute Gasteiger partial charge is 0.298 e. The number of aryl methyl sites for hydroxylation is 1. The number of nitriles is 1. The highest BCUT2D eigenvalue weighted by atomic mass is 32.1. The van der Waals surface area contributed by atoms with Crippen LogP contribution in [-0.4, -0.2) is 10.9 Å². The quantitative estimate of drug-likeness (QED) is 0.758. The molecule has 1 saturated carbocycles. The summed E-state index contributed by atoms with van der Waals surface area (Å²) in [6, 6.07) is 9.67. The Morgan fingerprint density at radius 3 is 2.73 bits per heavy atom. The molecule has 0 radical (unpaired) electrons. The molecular formula is C21H25N3OS. The number of benzene rings is 1. The predicted molar refractivity (Wildman–Crippen MR) is 105 cm³/mol. The van der Waals surface area contributed by atoms with Crippen LogP contribution in [0.4, 0.5) is 5.00 Å². The van der Waals surface area contributed by atoms with Crippen LogP contribution in [0.15, 0.2) is 24.3 Å². The van der Waals surface area contributed by atoms with Crippen molar-refractivity contribution in [3.63, 3.8) is 0 Å². The smallest absolute Gasteiger partial charge is 0.231 e. The van der Waals surface area contributed by atoms with Gasteiger partial charge in [0.1, 0.15) is 5.00 Å². The van der Waals surface area contributed by atoms with Crippen LogP contribution in [-0.2, 0) is 17.8 Å². The lowest BCUT2D eigenvalue weighted by Crippen LogP contribution is -2.31. The lowest BCUT2D eigenvalue weighted by atomic mass is 9.93. The van der Waals surface area contributed by atoms with Crippen molar-refractivity contribution in [3.8, 4) is 6.07 Å². The summed E-state index contributed by atoms with van der Waals surface area (Å²) in [6.45, 7) is 9.07. The van der Waals surface area contributed by atoms with Crippen molar-refractivity contribution >= 4 is 22.2 Å². The fourth-order valence-electron chi connectivity index (χ4n) is 2.95. The van der Waals surface area contributed by atoms with Crippen LogP contribution in [0.1, 0.15) is 55.4 Å². The first-order chi connectivity index (χ1) is 12.3. The van der Waals surface area contributed by atoms with E-state index in [0.717, 1.165) is 40.5 Å². The Hall–Kier alpha value is -2.19. The van der Waals surface area contributed by atoms with E-state index in [0.29, 0.717) is 12.1 Å². The van der Waals surface area contributed by atoms with Crippen molar-refractivity contribution in [2.45, 2.75) is 53.5 Å². The van der Waals surface area contributed by atoms with E-state index in [2.05, 4.69) is 26.8 Å². The zero-order chi connectivity index (χ0) is 18.9. The topological polar surface area (TPSA) is 57.0 Å². The molecule has 0 saturated heterocycles. The maximum atomic E-state index is 13.0. The minimum atomic E-state index is 0.140. The summed E-state index contributed by atoms with van der Waals surface area (Å²) in [6.07, 6.45) is 2.84. The summed E-state index contributed by atoms with van der Waals surface area (Å²) in [5, 5.41) is 11.2. The fraction of sp³-hybridized carbons (Fsp3) is 0.476. The van der Waals surface area contributed by atoms with Gasteiger partial charge >= 0.3 is 0 Å². The van der Waals surface area contributed by atoms with Crippen LogP contribution in [0.3, 0.4) is 0 Å². The summed E-state index contributed by atoms with van der Waals surface area (Å²) in [4.78, 5) is 19.6. The molecular weight excluding hydrogens is 342 g/mol. The average Bonchev–Trinajstić information content (AvgIpc) is 3.35. The number of amides is 1. The molecule has 1 aliphatic carbocycles. The van der Waals surface area contributed by atoms with Crippen molar-refractivity contribution < 1.29 is 4.79 Å². The van der Waals surface area contributed by atoms with Crippen LogP contribution in [0.5, 0.6) is 0 Å². The van der Waals surface area contributed by atoms with Gasteiger partial charge in [-0.2, -0.15) is 5.26 Å². The second-order valence-corrected chi connectivity index (χ2v) is 9.31. The molecule has 0 N–H and O–H groups in total. The molecule has 1 heterocycles. The molecule has 0 bridgehead atoms. The van der Waals surface area contributed by atoms with E-state index in [9.17, 15) is 4.79 Å². The first-order valence-electron chi connectivity index (χ1n) is 9.03. The zero-order valence-corrected chi connectivity index (χ0v) is 16.7. The highest BCUT2D eigenvalue weighted by Crippen LogP contribution is 2.38. The summed E-state index contributed by atoms with van der Waals surface area (Å²) < 4.78 is 0. The second-order valence-electron chi connectivity index (χ2n) is 8.25. The molecule has 4 nitrogen and oxygen atoms in total. The third-order valence-electron chi connectivity index (χ3n) is 4.33. The van der Waals surface area contributed by atoms with Crippen LogP contribution in [0, 0.1) is 29.6 Å². The van der Waals surface area contributed by atoms with Gasteiger partial charge in [-0.25, -0.2) is 4.98 Å². The fourth-order valence-corrected chi connectivity index (χ4v) is 4.31. The van der Waals surface area contributed by atoms with E-state index in [-0.39, 0.29) is 17.2 Å². The van der Waals surface area contributed by atoms with Crippen LogP contribution in [0.2, 0.25) is 0 Å². The summed E-state index contributed by atoms with van der Waals surface area (Å²) in [7, 11) is 0. The Balaban J connectivity index is 1.91. The molecule has 1 aliphatic rings. The van der Waals surface area contributed by atoms with Gasteiger partial charge in [0.2, 0.25) is 5.91 Å². The van der Waals surface area contributed by atoms with Crippen molar-refractivity contribution in [2.75, 3.05) is 4.90 Å². The predicted octanol–water partition coefficient (Wildman–Crippen LogP) is 4.86. The van der Waals surface area contributed by atoms with Gasteiger partial charge in [-0.15, -0.1) is 11.3 Å². The number of aromatic nitrogens is 1. The van der Waals surface area contributed by atoms with Crippen molar-refractivity contribution in [1.29, 1.82) is 5.26 Å². The lowest BCUT2D eigenvalue weighted by molar-refractivity contribution is -0.119. The molecule has 1 aromatic heterocycles. The minimum absolute atomic E-state index is 0.140. The van der Waals surface area contributed by atoms with Crippen LogP contribution in [0.25, 0.3) is 0 Å².